The minimum absolute atomic E-state index is 0.615. The van der Waals surface area contributed by atoms with E-state index in [9.17, 15) is 0 Å². The maximum absolute atomic E-state index is 5.88. The monoisotopic (exact) mass is 282 g/mol. The third-order valence-electron chi connectivity index (χ3n) is 3.35. The first kappa shape index (κ1) is 13.6. The average molecular weight is 282 g/mol. The van der Waals surface area contributed by atoms with Crippen LogP contribution in [0.25, 0.3) is 22.6 Å². The lowest BCUT2D eigenvalue weighted by Crippen LogP contribution is -2.11. The summed E-state index contributed by atoms with van der Waals surface area (Å²) in [6, 6.07) is 13.8. The number of oxazole rings is 1. The molecule has 0 radical (unpaired) electrons. The summed E-state index contributed by atoms with van der Waals surface area (Å²) in [5.74, 6) is 1.41. The summed E-state index contributed by atoms with van der Waals surface area (Å²) in [5, 5.41) is 3.30. The van der Waals surface area contributed by atoms with Crippen molar-refractivity contribution in [1.29, 1.82) is 0 Å². The first-order valence-electron chi connectivity index (χ1n) is 7.05. The van der Waals surface area contributed by atoms with Gasteiger partial charge in [-0.1, -0.05) is 19.1 Å². The zero-order valence-corrected chi connectivity index (χ0v) is 12.2. The predicted octanol–water partition coefficient (Wildman–Crippen LogP) is 3.61. The molecule has 21 heavy (non-hydrogen) atoms. The van der Waals surface area contributed by atoms with Crippen LogP contribution in [-0.2, 0) is 6.54 Å². The fourth-order valence-corrected chi connectivity index (χ4v) is 2.23. The Hall–Kier alpha value is -2.33. The third-order valence-corrected chi connectivity index (χ3v) is 3.35. The van der Waals surface area contributed by atoms with Crippen LogP contribution in [0, 0.1) is 0 Å². The lowest BCUT2D eigenvalue weighted by molar-refractivity contribution is 0.415. The molecular weight excluding hydrogens is 264 g/mol. The smallest absolute Gasteiger partial charge is 0.227 e. The number of ether oxygens (including phenoxy) is 1. The number of fused-ring (bicyclic) bond motifs is 1. The van der Waals surface area contributed by atoms with Crippen LogP contribution in [0.2, 0.25) is 0 Å². The molecule has 3 aromatic rings. The topological polar surface area (TPSA) is 47.3 Å². The molecule has 3 rings (SSSR count). The summed E-state index contributed by atoms with van der Waals surface area (Å²) in [6.07, 6.45) is 0. The third kappa shape index (κ3) is 2.90. The first-order chi connectivity index (χ1) is 10.3. The largest absolute Gasteiger partial charge is 0.497 e. The van der Waals surface area contributed by atoms with Crippen LogP contribution in [0.3, 0.4) is 0 Å². The lowest BCUT2D eigenvalue weighted by Gasteiger charge is -2.00. The van der Waals surface area contributed by atoms with E-state index in [1.165, 1.54) is 5.56 Å². The minimum atomic E-state index is 0.615. The van der Waals surface area contributed by atoms with Crippen molar-refractivity contribution in [3.8, 4) is 17.2 Å². The highest BCUT2D eigenvalue weighted by Gasteiger charge is 2.09. The quantitative estimate of drug-likeness (QED) is 0.776. The standard InChI is InChI=1S/C17H18N2O2/c1-3-18-11-12-7-8-15-16(9-12)21-17(19-15)13-5-4-6-14(10-13)20-2/h4-10,18H,3,11H2,1-2H3. The van der Waals surface area contributed by atoms with Crippen molar-refractivity contribution in [2.45, 2.75) is 13.5 Å². The summed E-state index contributed by atoms with van der Waals surface area (Å²) >= 11 is 0. The van der Waals surface area contributed by atoms with E-state index in [1.807, 2.05) is 36.4 Å². The van der Waals surface area contributed by atoms with Gasteiger partial charge in [-0.25, -0.2) is 4.98 Å². The Balaban J connectivity index is 1.96. The molecule has 0 atom stereocenters. The fourth-order valence-electron chi connectivity index (χ4n) is 2.23. The number of nitrogens with one attached hydrogen (secondary N) is 1. The predicted molar refractivity (Wildman–Crippen MR) is 83.4 cm³/mol. The summed E-state index contributed by atoms with van der Waals surface area (Å²) in [4.78, 5) is 4.54. The van der Waals surface area contributed by atoms with Crippen molar-refractivity contribution in [2.24, 2.45) is 0 Å². The zero-order chi connectivity index (χ0) is 14.7. The Morgan fingerprint density at radius 3 is 2.90 bits per heavy atom. The normalized spacial score (nSPS) is 11.0. The van der Waals surface area contributed by atoms with Crippen LogP contribution in [0.1, 0.15) is 12.5 Å². The molecule has 1 heterocycles. The highest BCUT2D eigenvalue weighted by atomic mass is 16.5. The molecule has 4 heteroatoms. The maximum Gasteiger partial charge on any atom is 0.227 e. The molecular formula is C17H18N2O2. The van der Waals surface area contributed by atoms with Gasteiger partial charge in [0.15, 0.2) is 5.58 Å². The maximum atomic E-state index is 5.88. The first-order valence-corrected chi connectivity index (χ1v) is 7.05. The van der Waals surface area contributed by atoms with Gasteiger partial charge in [0.1, 0.15) is 11.3 Å². The summed E-state index contributed by atoms with van der Waals surface area (Å²) in [7, 11) is 1.65. The van der Waals surface area contributed by atoms with Crippen molar-refractivity contribution in [2.75, 3.05) is 13.7 Å². The van der Waals surface area contributed by atoms with Gasteiger partial charge in [-0.2, -0.15) is 0 Å². The number of hydrogen-bond donors (Lipinski definition) is 1. The van der Waals surface area contributed by atoms with E-state index in [-0.39, 0.29) is 0 Å². The molecule has 108 valence electrons. The molecule has 1 N–H and O–H groups in total. The van der Waals surface area contributed by atoms with Crippen LogP contribution in [-0.4, -0.2) is 18.6 Å². The van der Waals surface area contributed by atoms with E-state index in [0.717, 1.165) is 35.5 Å². The van der Waals surface area contributed by atoms with Gasteiger partial charge in [0.2, 0.25) is 5.89 Å². The summed E-state index contributed by atoms with van der Waals surface area (Å²) in [6.45, 7) is 3.87. The van der Waals surface area contributed by atoms with Gasteiger partial charge in [0.05, 0.1) is 7.11 Å². The minimum Gasteiger partial charge on any atom is -0.497 e. The SMILES string of the molecule is CCNCc1ccc2nc(-c3cccc(OC)c3)oc2c1. The zero-order valence-electron chi connectivity index (χ0n) is 12.2. The second-order valence-corrected chi connectivity index (χ2v) is 4.83. The number of aromatic nitrogens is 1. The molecule has 0 saturated heterocycles. The van der Waals surface area contributed by atoms with Crippen LogP contribution in [0.4, 0.5) is 0 Å². The lowest BCUT2D eigenvalue weighted by atomic mass is 10.2. The van der Waals surface area contributed by atoms with Gasteiger partial charge in [0.25, 0.3) is 0 Å². The Kier molecular flexibility index (Phi) is 3.88. The van der Waals surface area contributed by atoms with Crippen molar-refractivity contribution in [3.05, 3.63) is 48.0 Å². The van der Waals surface area contributed by atoms with Crippen molar-refractivity contribution in [3.63, 3.8) is 0 Å². The van der Waals surface area contributed by atoms with Crippen LogP contribution in [0.15, 0.2) is 46.9 Å². The fraction of sp³-hybridized carbons (Fsp3) is 0.235. The molecule has 1 aromatic heterocycles. The van der Waals surface area contributed by atoms with Crippen molar-refractivity contribution >= 4 is 11.1 Å². The van der Waals surface area contributed by atoms with Gasteiger partial charge >= 0.3 is 0 Å². The Morgan fingerprint density at radius 1 is 1.19 bits per heavy atom. The van der Waals surface area contributed by atoms with E-state index >= 15 is 0 Å². The molecule has 0 fully saturated rings. The number of hydrogen-bond acceptors (Lipinski definition) is 4. The Labute approximate surface area is 123 Å². The van der Waals surface area contributed by atoms with Crippen molar-refractivity contribution in [1.82, 2.24) is 10.3 Å². The Morgan fingerprint density at radius 2 is 2.10 bits per heavy atom. The van der Waals surface area contributed by atoms with Gasteiger partial charge in [-0.15, -0.1) is 0 Å². The van der Waals surface area contributed by atoms with Gasteiger partial charge < -0.3 is 14.5 Å². The van der Waals surface area contributed by atoms with E-state index in [2.05, 4.69) is 23.3 Å². The van der Waals surface area contributed by atoms with Crippen LogP contribution in [0.5, 0.6) is 5.75 Å². The summed E-state index contributed by atoms with van der Waals surface area (Å²) < 4.78 is 11.1. The molecule has 0 amide bonds. The number of methoxy groups -OCH3 is 1. The van der Waals surface area contributed by atoms with E-state index < -0.39 is 0 Å². The van der Waals surface area contributed by atoms with E-state index in [0.29, 0.717) is 5.89 Å². The second kappa shape index (κ2) is 5.97. The Bertz CT molecular complexity index is 749. The molecule has 0 aliphatic rings. The number of benzene rings is 2. The van der Waals surface area contributed by atoms with E-state index in [1.54, 1.807) is 7.11 Å². The van der Waals surface area contributed by atoms with Crippen LogP contribution < -0.4 is 10.1 Å². The molecule has 0 spiro atoms. The molecule has 0 saturated carbocycles. The molecule has 0 unspecified atom stereocenters. The number of rotatable bonds is 5. The van der Waals surface area contributed by atoms with Gasteiger partial charge in [-0.3, -0.25) is 0 Å². The highest BCUT2D eigenvalue weighted by molar-refractivity contribution is 5.77. The second-order valence-electron chi connectivity index (χ2n) is 4.83. The molecule has 4 nitrogen and oxygen atoms in total. The average Bonchev–Trinajstić information content (AvgIpc) is 2.96. The molecule has 0 bridgehead atoms. The van der Waals surface area contributed by atoms with E-state index in [4.69, 9.17) is 9.15 Å². The summed E-state index contributed by atoms with van der Waals surface area (Å²) in [5.41, 5.74) is 3.78. The van der Waals surface area contributed by atoms with Gasteiger partial charge in [-0.05, 0) is 42.4 Å². The molecule has 0 aliphatic heterocycles. The molecule has 0 aliphatic carbocycles. The number of nitrogens with zero attached hydrogens (tertiary/aromatic N) is 1. The van der Waals surface area contributed by atoms with Crippen LogP contribution >= 0.6 is 0 Å². The highest BCUT2D eigenvalue weighted by Crippen LogP contribution is 2.27. The van der Waals surface area contributed by atoms with Crippen molar-refractivity contribution < 1.29 is 9.15 Å². The molecule has 2 aromatic carbocycles. The van der Waals surface area contributed by atoms with Gasteiger partial charge in [0, 0.05) is 12.1 Å².